The summed E-state index contributed by atoms with van der Waals surface area (Å²) in [4.78, 5) is 6.20. The van der Waals surface area contributed by atoms with Crippen molar-refractivity contribution in [3.8, 4) is 0 Å². The lowest BCUT2D eigenvalue weighted by Gasteiger charge is -2.34. The summed E-state index contributed by atoms with van der Waals surface area (Å²) >= 11 is 1.82. The molecule has 108 valence electrons. The zero-order valence-corrected chi connectivity index (χ0v) is 12.3. The van der Waals surface area contributed by atoms with Gasteiger partial charge in [-0.2, -0.15) is 0 Å². The quantitative estimate of drug-likeness (QED) is 0.716. The predicted molar refractivity (Wildman–Crippen MR) is 80.4 cm³/mol. The summed E-state index contributed by atoms with van der Waals surface area (Å²) in [6, 6.07) is 8.20. The van der Waals surface area contributed by atoms with Gasteiger partial charge in [0.1, 0.15) is 0 Å². The first-order valence-corrected chi connectivity index (χ1v) is 7.81. The minimum absolute atomic E-state index is 0.676. The van der Waals surface area contributed by atoms with Gasteiger partial charge in [0.15, 0.2) is 11.5 Å². The van der Waals surface area contributed by atoms with Crippen molar-refractivity contribution in [2.45, 2.75) is 6.54 Å². The molecule has 0 saturated carbocycles. The minimum atomic E-state index is 0.676. The van der Waals surface area contributed by atoms with Crippen LogP contribution in [0.4, 0.5) is 5.82 Å². The third kappa shape index (κ3) is 2.59. The number of hydrogen-bond donors (Lipinski definition) is 0. The number of piperazine rings is 1. The Morgan fingerprint density at radius 1 is 1.10 bits per heavy atom. The van der Waals surface area contributed by atoms with E-state index < -0.39 is 0 Å². The fourth-order valence-electron chi connectivity index (χ4n) is 2.57. The molecular weight excluding hydrogens is 286 g/mol. The van der Waals surface area contributed by atoms with E-state index in [1.165, 1.54) is 9.51 Å². The Hall–Kier alpha value is -2.06. The maximum Gasteiger partial charge on any atom is 0.200 e. The van der Waals surface area contributed by atoms with Crippen molar-refractivity contribution in [1.29, 1.82) is 0 Å². The van der Waals surface area contributed by atoms with E-state index in [1.54, 1.807) is 0 Å². The zero-order valence-electron chi connectivity index (χ0n) is 11.5. The minimum Gasteiger partial charge on any atom is -0.353 e. The highest BCUT2D eigenvalue weighted by molar-refractivity contribution is 7.09. The monoisotopic (exact) mass is 301 g/mol. The molecule has 1 fully saturated rings. The topological polar surface area (TPSA) is 62.5 Å². The molecule has 0 atom stereocenters. The van der Waals surface area contributed by atoms with E-state index in [1.807, 2.05) is 23.5 Å². The third-order valence-corrected chi connectivity index (χ3v) is 4.57. The molecule has 1 aliphatic heterocycles. The van der Waals surface area contributed by atoms with Gasteiger partial charge in [-0.25, -0.2) is 0 Å². The highest BCUT2D eigenvalue weighted by atomic mass is 32.1. The number of tetrazole rings is 1. The summed E-state index contributed by atoms with van der Waals surface area (Å²) in [6.07, 6.45) is 0. The van der Waals surface area contributed by atoms with Crippen molar-refractivity contribution in [2.75, 3.05) is 31.1 Å². The molecule has 0 spiro atoms. The van der Waals surface area contributed by atoms with E-state index in [9.17, 15) is 0 Å². The van der Waals surface area contributed by atoms with Crippen LogP contribution in [0.15, 0.2) is 29.6 Å². The Balaban J connectivity index is 1.42. The van der Waals surface area contributed by atoms with Crippen molar-refractivity contribution in [1.82, 2.24) is 30.2 Å². The normalized spacial score (nSPS) is 16.7. The van der Waals surface area contributed by atoms with Crippen LogP contribution in [0.2, 0.25) is 0 Å². The van der Waals surface area contributed by atoms with Gasteiger partial charge in [0.25, 0.3) is 0 Å². The van der Waals surface area contributed by atoms with Crippen LogP contribution in [0.25, 0.3) is 5.65 Å². The maximum absolute atomic E-state index is 4.45. The molecule has 7 nitrogen and oxygen atoms in total. The van der Waals surface area contributed by atoms with Crippen LogP contribution in [-0.2, 0) is 6.54 Å². The predicted octanol–water partition coefficient (Wildman–Crippen LogP) is 0.903. The summed E-state index contributed by atoms with van der Waals surface area (Å²) in [6.45, 7) is 5.10. The van der Waals surface area contributed by atoms with E-state index >= 15 is 0 Å². The van der Waals surface area contributed by atoms with E-state index in [4.69, 9.17) is 0 Å². The summed E-state index contributed by atoms with van der Waals surface area (Å²) < 4.78 is 1.48. The fourth-order valence-corrected chi connectivity index (χ4v) is 3.31. The third-order valence-electron chi connectivity index (χ3n) is 3.71. The van der Waals surface area contributed by atoms with Gasteiger partial charge in [0, 0.05) is 37.6 Å². The lowest BCUT2D eigenvalue weighted by atomic mass is 10.3. The summed E-state index contributed by atoms with van der Waals surface area (Å²) in [5.41, 5.74) is 0.676. The van der Waals surface area contributed by atoms with Crippen LogP contribution in [-0.4, -0.2) is 56.3 Å². The summed E-state index contributed by atoms with van der Waals surface area (Å²) in [5, 5.41) is 17.9. The van der Waals surface area contributed by atoms with Crippen LogP contribution >= 0.6 is 11.3 Å². The molecule has 0 unspecified atom stereocenters. The first-order chi connectivity index (χ1) is 10.4. The van der Waals surface area contributed by atoms with Crippen molar-refractivity contribution < 1.29 is 0 Å². The molecule has 0 aromatic carbocycles. The van der Waals surface area contributed by atoms with E-state index in [0.29, 0.717) is 5.65 Å². The van der Waals surface area contributed by atoms with Gasteiger partial charge in [-0.05, 0) is 34.0 Å². The lowest BCUT2D eigenvalue weighted by molar-refractivity contribution is 0.251. The van der Waals surface area contributed by atoms with Gasteiger partial charge in [0.05, 0.1) is 0 Å². The van der Waals surface area contributed by atoms with Crippen LogP contribution in [0.5, 0.6) is 0 Å². The number of fused-ring (bicyclic) bond motifs is 1. The largest absolute Gasteiger partial charge is 0.353 e. The Bertz CT molecular complexity index is 715. The Morgan fingerprint density at radius 2 is 2.00 bits per heavy atom. The SMILES string of the molecule is c1csc(CN2CCN(c3ccc4nnnn4n3)CC2)c1. The second-order valence-electron chi connectivity index (χ2n) is 5.06. The number of aromatic nitrogens is 5. The van der Waals surface area contributed by atoms with Crippen molar-refractivity contribution >= 4 is 22.8 Å². The average Bonchev–Trinajstić information content (AvgIpc) is 3.18. The Kier molecular flexibility index (Phi) is 3.24. The number of hydrogen-bond acceptors (Lipinski definition) is 7. The molecule has 21 heavy (non-hydrogen) atoms. The number of nitrogens with zero attached hydrogens (tertiary/aromatic N) is 7. The van der Waals surface area contributed by atoms with Crippen molar-refractivity contribution in [3.05, 3.63) is 34.5 Å². The van der Waals surface area contributed by atoms with E-state index in [2.05, 4.69) is 47.9 Å². The molecule has 3 aromatic heterocycles. The Morgan fingerprint density at radius 3 is 2.81 bits per heavy atom. The van der Waals surface area contributed by atoms with E-state index in [-0.39, 0.29) is 0 Å². The molecule has 4 rings (SSSR count). The van der Waals surface area contributed by atoms with Crippen molar-refractivity contribution in [2.24, 2.45) is 0 Å². The number of thiophene rings is 1. The van der Waals surface area contributed by atoms with Gasteiger partial charge in [0.2, 0.25) is 0 Å². The maximum atomic E-state index is 4.45. The van der Waals surface area contributed by atoms with Gasteiger partial charge < -0.3 is 4.90 Å². The number of rotatable bonds is 3. The van der Waals surface area contributed by atoms with Gasteiger partial charge >= 0.3 is 0 Å². The van der Waals surface area contributed by atoms with Gasteiger partial charge in [-0.3, -0.25) is 4.90 Å². The second kappa shape index (κ2) is 5.38. The van der Waals surface area contributed by atoms with Crippen LogP contribution in [0.1, 0.15) is 4.88 Å². The smallest absolute Gasteiger partial charge is 0.200 e. The van der Waals surface area contributed by atoms with E-state index in [0.717, 1.165) is 38.5 Å². The molecular formula is C13H15N7S. The average molecular weight is 301 g/mol. The standard InChI is InChI=1S/C13H15N7S/c1-2-11(21-9-1)10-18-5-7-19(8-6-18)13-4-3-12-14-16-17-20(12)15-13/h1-4,9H,5-8,10H2. The molecule has 0 radical (unpaired) electrons. The molecule has 3 aromatic rings. The lowest BCUT2D eigenvalue weighted by Crippen LogP contribution is -2.46. The summed E-state index contributed by atoms with van der Waals surface area (Å²) in [7, 11) is 0. The zero-order chi connectivity index (χ0) is 14.1. The van der Waals surface area contributed by atoms with Crippen molar-refractivity contribution in [3.63, 3.8) is 0 Å². The first kappa shape index (κ1) is 12.7. The highest BCUT2D eigenvalue weighted by Gasteiger charge is 2.19. The molecule has 1 aliphatic rings. The molecule has 0 bridgehead atoms. The van der Waals surface area contributed by atoms with Crippen LogP contribution in [0.3, 0.4) is 0 Å². The van der Waals surface area contributed by atoms with Gasteiger partial charge in [-0.15, -0.1) is 26.2 Å². The first-order valence-electron chi connectivity index (χ1n) is 6.93. The highest BCUT2D eigenvalue weighted by Crippen LogP contribution is 2.16. The van der Waals surface area contributed by atoms with Crippen LogP contribution in [0, 0.1) is 0 Å². The van der Waals surface area contributed by atoms with Crippen LogP contribution < -0.4 is 4.90 Å². The van der Waals surface area contributed by atoms with Gasteiger partial charge in [-0.1, -0.05) is 6.07 Å². The number of anilines is 1. The molecule has 0 N–H and O–H groups in total. The fraction of sp³-hybridized carbons (Fsp3) is 0.385. The molecule has 1 saturated heterocycles. The Labute approximate surface area is 125 Å². The summed E-state index contributed by atoms with van der Waals surface area (Å²) in [5.74, 6) is 0.936. The molecule has 4 heterocycles. The molecule has 0 amide bonds. The second-order valence-corrected chi connectivity index (χ2v) is 6.09. The molecule has 0 aliphatic carbocycles. The molecule has 8 heteroatoms.